The van der Waals surface area contributed by atoms with Crippen molar-refractivity contribution in [2.24, 2.45) is 5.92 Å². The van der Waals surface area contributed by atoms with Gasteiger partial charge in [0, 0.05) is 12.3 Å². The molecular formula is C7H16NO+. The Hall–Kier alpha value is -0.0800. The second kappa shape index (κ2) is 2.67. The molecule has 0 bridgehead atoms. The molecule has 1 aliphatic rings. The monoisotopic (exact) mass is 130 g/mol. The van der Waals surface area contributed by atoms with Gasteiger partial charge in [0.1, 0.15) is 0 Å². The maximum Gasteiger partial charge on any atom is 0.0881 e. The van der Waals surface area contributed by atoms with Gasteiger partial charge in [-0.25, -0.2) is 0 Å². The van der Waals surface area contributed by atoms with Crippen molar-refractivity contribution in [1.29, 1.82) is 0 Å². The molecule has 0 aromatic heterocycles. The van der Waals surface area contributed by atoms with Gasteiger partial charge in [-0.05, 0) is 6.92 Å². The maximum atomic E-state index is 9.33. The molecule has 2 nitrogen and oxygen atoms in total. The van der Waals surface area contributed by atoms with Crippen LogP contribution in [0.2, 0.25) is 0 Å². The molecule has 1 heterocycles. The van der Waals surface area contributed by atoms with E-state index in [1.807, 2.05) is 0 Å². The third-order valence-electron chi connectivity index (χ3n) is 2.44. The van der Waals surface area contributed by atoms with Crippen LogP contribution in [0.3, 0.4) is 0 Å². The van der Waals surface area contributed by atoms with Crippen molar-refractivity contribution in [1.82, 2.24) is 0 Å². The Morgan fingerprint density at radius 3 is 2.56 bits per heavy atom. The summed E-state index contributed by atoms with van der Waals surface area (Å²) in [4.78, 5) is 0. The molecule has 1 fully saturated rings. The molecule has 0 aromatic carbocycles. The number of aliphatic hydroxyl groups is 1. The second-order valence-corrected chi connectivity index (χ2v) is 3.10. The zero-order valence-corrected chi connectivity index (χ0v) is 6.17. The summed E-state index contributed by atoms with van der Waals surface area (Å²) in [7, 11) is 0. The highest BCUT2D eigenvalue weighted by molar-refractivity contribution is 4.71. The topological polar surface area (TPSA) is 36.8 Å². The van der Waals surface area contributed by atoms with Crippen molar-refractivity contribution in [3.63, 3.8) is 0 Å². The SMILES string of the molecule is C[C@@H]1[C@H](C)[NH2+]CC[C@@H]1O. The first-order valence-corrected chi connectivity index (χ1v) is 3.73. The quantitative estimate of drug-likeness (QED) is 0.449. The standard InChI is InChI=1S/C7H15NO/c1-5-6(2)8-4-3-7(5)9/h5-9H,3-4H2,1-2H3/p+1/t5-,6+,7+/m1/s1. The van der Waals surface area contributed by atoms with Gasteiger partial charge in [0.15, 0.2) is 0 Å². The largest absolute Gasteiger partial charge is 0.392 e. The number of nitrogens with two attached hydrogens (primary N) is 1. The van der Waals surface area contributed by atoms with Crippen molar-refractivity contribution in [3.8, 4) is 0 Å². The highest BCUT2D eigenvalue weighted by Gasteiger charge is 2.27. The Labute approximate surface area is 56.3 Å². The molecule has 0 saturated carbocycles. The van der Waals surface area contributed by atoms with Crippen LogP contribution < -0.4 is 5.32 Å². The summed E-state index contributed by atoms with van der Waals surface area (Å²) >= 11 is 0. The van der Waals surface area contributed by atoms with Crippen molar-refractivity contribution >= 4 is 0 Å². The Balaban J connectivity index is 2.41. The molecule has 0 aromatic rings. The van der Waals surface area contributed by atoms with Crippen LogP contribution in [0.5, 0.6) is 0 Å². The molecule has 0 aliphatic carbocycles. The lowest BCUT2D eigenvalue weighted by Crippen LogP contribution is -2.93. The predicted molar refractivity (Wildman–Crippen MR) is 36.0 cm³/mol. The molecule has 0 amide bonds. The van der Waals surface area contributed by atoms with E-state index in [4.69, 9.17) is 0 Å². The van der Waals surface area contributed by atoms with Crippen LogP contribution in [0.25, 0.3) is 0 Å². The first kappa shape index (κ1) is 7.03. The maximum absolute atomic E-state index is 9.33. The Morgan fingerprint density at radius 2 is 2.11 bits per heavy atom. The summed E-state index contributed by atoms with van der Waals surface area (Å²) in [5.74, 6) is 0.471. The van der Waals surface area contributed by atoms with Gasteiger partial charge in [0.2, 0.25) is 0 Å². The third kappa shape index (κ3) is 1.43. The lowest BCUT2D eigenvalue weighted by Gasteiger charge is -2.28. The Morgan fingerprint density at radius 1 is 1.44 bits per heavy atom. The van der Waals surface area contributed by atoms with E-state index in [1.54, 1.807) is 0 Å². The Bertz CT molecular complexity index is 84.9. The highest BCUT2D eigenvalue weighted by atomic mass is 16.3. The molecule has 54 valence electrons. The molecule has 1 rings (SSSR count). The van der Waals surface area contributed by atoms with Gasteiger partial charge in [-0.2, -0.15) is 0 Å². The molecule has 9 heavy (non-hydrogen) atoms. The minimum Gasteiger partial charge on any atom is -0.392 e. The summed E-state index contributed by atoms with van der Waals surface area (Å²) < 4.78 is 0. The first-order valence-electron chi connectivity index (χ1n) is 3.73. The Kier molecular flexibility index (Phi) is 2.09. The zero-order chi connectivity index (χ0) is 6.85. The van der Waals surface area contributed by atoms with E-state index in [0.717, 1.165) is 13.0 Å². The van der Waals surface area contributed by atoms with Crippen molar-refractivity contribution in [2.45, 2.75) is 32.4 Å². The van der Waals surface area contributed by atoms with Crippen molar-refractivity contribution in [2.75, 3.05) is 6.54 Å². The van der Waals surface area contributed by atoms with Crippen LogP contribution in [0, 0.1) is 5.92 Å². The van der Waals surface area contributed by atoms with Crippen molar-refractivity contribution in [3.05, 3.63) is 0 Å². The van der Waals surface area contributed by atoms with Crippen LogP contribution in [0.15, 0.2) is 0 Å². The van der Waals surface area contributed by atoms with Crippen LogP contribution in [-0.4, -0.2) is 23.8 Å². The van der Waals surface area contributed by atoms with Gasteiger partial charge in [-0.1, -0.05) is 6.92 Å². The minimum atomic E-state index is -0.0509. The number of piperidine rings is 1. The number of hydrogen-bond donors (Lipinski definition) is 2. The lowest BCUT2D eigenvalue weighted by atomic mass is 9.91. The fourth-order valence-electron chi connectivity index (χ4n) is 1.36. The van der Waals surface area contributed by atoms with E-state index in [1.165, 1.54) is 0 Å². The zero-order valence-electron chi connectivity index (χ0n) is 6.17. The van der Waals surface area contributed by atoms with E-state index in [2.05, 4.69) is 19.2 Å². The fraction of sp³-hybridized carbons (Fsp3) is 1.00. The van der Waals surface area contributed by atoms with Gasteiger partial charge in [-0.3, -0.25) is 0 Å². The molecular weight excluding hydrogens is 114 g/mol. The summed E-state index contributed by atoms with van der Waals surface area (Å²) in [6.07, 6.45) is 0.913. The fourth-order valence-corrected chi connectivity index (χ4v) is 1.36. The average Bonchev–Trinajstić information content (AvgIpc) is 1.83. The highest BCUT2D eigenvalue weighted by Crippen LogP contribution is 2.10. The molecule has 0 unspecified atom stereocenters. The summed E-state index contributed by atoms with van der Waals surface area (Å²) in [6.45, 7) is 5.38. The summed E-state index contributed by atoms with van der Waals surface area (Å²) in [5.41, 5.74) is 0. The number of aliphatic hydroxyl groups excluding tert-OH is 1. The molecule has 3 N–H and O–H groups in total. The lowest BCUT2D eigenvalue weighted by molar-refractivity contribution is -0.704. The average molecular weight is 130 g/mol. The van der Waals surface area contributed by atoms with Crippen LogP contribution in [0.1, 0.15) is 20.3 Å². The first-order chi connectivity index (χ1) is 4.22. The van der Waals surface area contributed by atoms with Gasteiger partial charge in [-0.15, -0.1) is 0 Å². The minimum absolute atomic E-state index is 0.0509. The normalized spacial score (nSPS) is 45.0. The van der Waals surface area contributed by atoms with Gasteiger partial charge in [0.05, 0.1) is 18.7 Å². The van der Waals surface area contributed by atoms with Crippen LogP contribution >= 0.6 is 0 Å². The van der Waals surface area contributed by atoms with E-state index >= 15 is 0 Å². The molecule has 2 heteroatoms. The van der Waals surface area contributed by atoms with Gasteiger partial charge in [0.25, 0.3) is 0 Å². The molecule has 1 saturated heterocycles. The number of rotatable bonds is 0. The molecule has 1 aliphatic heterocycles. The van der Waals surface area contributed by atoms with Crippen LogP contribution in [0.4, 0.5) is 0 Å². The second-order valence-electron chi connectivity index (χ2n) is 3.10. The van der Waals surface area contributed by atoms with E-state index in [9.17, 15) is 5.11 Å². The van der Waals surface area contributed by atoms with Gasteiger partial charge < -0.3 is 10.4 Å². The number of hydrogen-bond acceptors (Lipinski definition) is 1. The van der Waals surface area contributed by atoms with Crippen molar-refractivity contribution < 1.29 is 10.4 Å². The summed E-state index contributed by atoms with van der Waals surface area (Å²) in [5, 5.41) is 11.6. The molecule has 0 radical (unpaired) electrons. The number of quaternary nitrogens is 1. The predicted octanol–water partition coefficient (Wildman–Crippen LogP) is -0.661. The van der Waals surface area contributed by atoms with Gasteiger partial charge >= 0.3 is 0 Å². The molecule has 0 spiro atoms. The molecule has 3 atom stereocenters. The third-order valence-corrected chi connectivity index (χ3v) is 2.44. The smallest absolute Gasteiger partial charge is 0.0881 e. The van der Waals surface area contributed by atoms with E-state index < -0.39 is 0 Å². The van der Waals surface area contributed by atoms with E-state index in [-0.39, 0.29) is 6.10 Å². The summed E-state index contributed by atoms with van der Waals surface area (Å²) in [6, 6.07) is 0.605. The van der Waals surface area contributed by atoms with E-state index in [0.29, 0.717) is 12.0 Å². The van der Waals surface area contributed by atoms with Crippen LogP contribution in [-0.2, 0) is 0 Å².